The van der Waals surface area contributed by atoms with Gasteiger partial charge in [0.05, 0.1) is 6.10 Å². The van der Waals surface area contributed by atoms with Gasteiger partial charge in [-0.2, -0.15) is 0 Å². The van der Waals surface area contributed by atoms with Crippen LogP contribution in [0.5, 0.6) is 0 Å². The zero-order valence-electron chi connectivity index (χ0n) is 8.67. The van der Waals surface area contributed by atoms with Crippen molar-refractivity contribution in [1.82, 2.24) is 4.98 Å². The number of thiol groups is 1. The highest BCUT2D eigenvalue weighted by Crippen LogP contribution is 2.16. The Kier molecular flexibility index (Phi) is 6.88. The molecular weight excluding hydrogens is 226 g/mol. The molecule has 1 heterocycles. The van der Waals surface area contributed by atoms with E-state index in [0.29, 0.717) is 0 Å². The highest BCUT2D eigenvalue weighted by atomic mass is 33.1. The highest BCUT2D eigenvalue weighted by Gasteiger charge is 2.07. The van der Waals surface area contributed by atoms with Gasteiger partial charge >= 0.3 is 0 Å². The lowest BCUT2D eigenvalue weighted by molar-refractivity contribution is 0.130. The van der Waals surface area contributed by atoms with E-state index in [0.717, 1.165) is 17.9 Å². The Hall–Kier alpha value is -0.190. The summed E-state index contributed by atoms with van der Waals surface area (Å²) in [6.45, 7) is 0. The molecule has 0 bridgehead atoms. The monoisotopic (exact) mass is 243 g/mol. The van der Waals surface area contributed by atoms with E-state index in [2.05, 4.69) is 16.6 Å². The fraction of sp³-hybridized carbons (Fsp3) is 0.545. The molecule has 84 valence electrons. The van der Waals surface area contributed by atoms with Crippen molar-refractivity contribution in [2.75, 3.05) is 0 Å². The van der Waals surface area contributed by atoms with E-state index >= 15 is 0 Å². The third-order valence-electron chi connectivity index (χ3n) is 2.31. The van der Waals surface area contributed by atoms with Crippen LogP contribution < -0.4 is 0 Å². The van der Waals surface area contributed by atoms with E-state index in [9.17, 15) is 0 Å². The van der Waals surface area contributed by atoms with E-state index < -0.39 is 0 Å². The van der Waals surface area contributed by atoms with Gasteiger partial charge in [0, 0.05) is 6.20 Å². The maximum atomic E-state index is 8.91. The average Bonchev–Trinajstić information content (AvgIpc) is 2.32. The van der Waals surface area contributed by atoms with Crippen molar-refractivity contribution in [2.45, 2.75) is 43.2 Å². The van der Waals surface area contributed by atoms with Crippen molar-refractivity contribution in [3.05, 3.63) is 24.4 Å². The van der Waals surface area contributed by atoms with Crippen molar-refractivity contribution in [2.24, 2.45) is 0 Å². The lowest BCUT2D eigenvalue weighted by Gasteiger charge is -2.14. The minimum absolute atomic E-state index is 0.0359. The van der Waals surface area contributed by atoms with E-state index in [4.69, 9.17) is 5.11 Å². The SMILES string of the molecule is OC1CCCCC1.SSc1ccccn1. The van der Waals surface area contributed by atoms with Gasteiger partial charge in [0.1, 0.15) is 5.03 Å². The lowest BCUT2D eigenvalue weighted by Crippen LogP contribution is -2.09. The normalized spacial score (nSPS) is 16.7. The molecular formula is C11H17NOS2. The Morgan fingerprint density at radius 2 is 2.00 bits per heavy atom. The molecule has 1 aliphatic rings. The van der Waals surface area contributed by atoms with Crippen LogP contribution in [0.15, 0.2) is 29.4 Å². The predicted molar refractivity (Wildman–Crippen MR) is 68.2 cm³/mol. The lowest BCUT2D eigenvalue weighted by atomic mass is 9.98. The van der Waals surface area contributed by atoms with Crippen molar-refractivity contribution < 1.29 is 5.11 Å². The van der Waals surface area contributed by atoms with Crippen LogP contribution in [-0.4, -0.2) is 16.2 Å². The molecule has 0 saturated heterocycles. The smallest absolute Gasteiger partial charge is 0.106 e. The number of hydrogen-bond acceptors (Lipinski definition) is 4. The molecule has 1 aliphatic carbocycles. The van der Waals surface area contributed by atoms with Crippen LogP contribution in [0.3, 0.4) is 0 Å². The predicted octanol–water partition coefficient (Wildman–Crippen LogP) is 3.33. The van der Waals surface area contributed by atoms with Crippen molar-refractivity contribution in [1.29, 1.82) is 0 Å². The van der Waals surface area contributed by atoms with E-state index in [-0.39, 0.29) is 6.10 Å². The van der Waals surface area contributed by atoms with Gasteiger partial charge < -0.3 is 5.11 Å². The van der Waals surface area contributed by atoms with Crippen LogP contribution in [0.4, 0.5) is 0 Å². The maximum absolute atomic E-state index is 8.91. The molecule has 0 spiro atoms. The topological polar surface area (TPSA) is 33.1 Å². The van der Waals surface area contributed by atoms with Crippen molar-refractivity contribution in [3.63, 3.8) is 0 Å². The number of aliphatic hydroxyl groups is 1. The Morgan fingerprint density at radius 1 is 1.27 bits per heavy atom. The standard InChI is InChI=1S/C6H12O.C5H5NS2/c7-6-4-2-1-3-5-6;7-8-5-3-1-2-4-6-5/h6-7H,1-5H2;1-4,7H. The number of nitrogens with zero attached hydrogens (tertiary/aromatic N) is 1. The third-order valence-corrected chi connectivity index (χ3v) is 3.30. The first-order chi connectivity index (χ1) is 7.33. The van der Waals surface area contributed by atoms with Gasteiger partial charge in [0.2, 0.25) is 0 Å². The summed E-state index contributed by atoms with van der Waals surface area (Å²) in [5.41, 5.74) is 0. The van der Waals surface area contributed by atoms with Crippen molar-refractivity contribution >= 4 is 22.5 Å². The average molecular weight is 243 g/mol. The Labute approximate surface area is 100 Å². The first-order valence-corrected chi connectivity index (χ1v) is 7.10. The molecule has 2 nitrogen and oxygen atoms in total. The first kappa shape index (κ1) is 12.9. The Balaban J connectivity index is 0.000000151. The molecule has 4 heteroatoms. The quantitative estimate of drug-likeness (QED) is 0.586. The largest absolute Gasteiger partial charge is 0.393 e. The van der Waals surface area contributed by atoms with Crippen LogP contribution in [0, 0.1) is 0 Å². The summed E-state index contributed by atoms with van der Waals surface area (Å²) < 4.78 is 0. The number of pyridine rings is 1. The molecule has 0 radical (unpaired) electrons. The molecule has 0 unspecified atom stereocenters. The summed E-state index contributed by atoms with van der Waals surface area (Å²) in [5.74, 6) is 0. The van der Waals surface area contributed by atoms with Gasteiger partial charge in [0.15, 0.2) is 0 Å². The highest BCUT2D eigenvalue weighted by molar-refractivity contribution is 8.68. The Bertz CT molecular complexity index is 250. The summed E-state index contributed by atoms with van der Waals surface area (Å²) in [5, 5.41) is 9.85. The summed E-state index contributed by atoms with van der Waals surface area (Å²) in [4.78, 5) is 3.98. The molecule has 1 aromatic heterocycles. The second-order valence-electron chi connectivity index (χ2n) is 3.55. The number of aromatic nitrogens is 1. The van der Waals surface area contributed by atoms with Gasteiger partial charge in [-0.25, -0.2) is 4.98 Å². The van der Waals surface area contributed by atoms with Gasteiger partial charge in [-0.05, 0) is 35.8 Å². The minimum Gasteiger partial charge on any atom is -0.393 e. The molecule has 15 heavy (non-hydrogen) atoms. The third kappa shape index (κ3) is 6.07. The zero-order valence-corrected chi connectivity index (χ0v) is 10.4. The zero-order chi connectivity index (χ0) is 10.9. The van der Waals surface area contributed by atoms with E-state index in [1.54, 1.807) is 6.20 Å². The summed E-state index contributed by atoms with van der Waals surface area (Å²) >= 11 is 3.96. The van der Waals surface area contributed by atoms with Gasteiger partial charge in [-0.3, -0.25) is 0 Å². The van der Waals surface area contributed by atoms with Gasteiger partial charge in [-0.1, -0.05) is 25.3 Å². The summed E-state index contributed by atoms with van der Waals surface area (Å²) in [7, 11) is 1.35. The molecule has 0 amide bonds. The van der Waals surface area contributed by atoms with Crippen LogP contribution in [0.1, 0.15) is 32.1 Å². The number of hydrogen-bond donors (Lipinski definition) is 2. The summed E-state index contributed by atoms with van der Waals surface area (Å²) in [6, 6.07) is 5.73. The van der Waals surface area contributed by atoms with Gasteiger partial charge in [-0.15, -0.1) is 11.7 Å². The van der Waals surface area contributed by atoms with Crippen LogP contribution in [0.2, 0.25) is 0 Å². The Morgan fingerprint density at radius 3 is 2.33 bits per heavy atom. The summed E-state index contributed by atoms with van der Waals surface area (Å²) in [6.07, 6.45) is 7.67. The second-order valence-corrected chi connectivity index (χ2v) is 4.70. The molecule has 2 rings (SSSR count). The fourth-order valence-electron chi connectivity index (χ4n) is 1.48. The number of rotatable bonds is 1. The molecule has 0 atom stereocenters. The van der Waals surface area contributed by atoms with E-state index in [1.807, 2.05) is 18.2 Å². The second kappa shape index (κ2) is 8.02. The van der Waals surface area contributed by atoms with Gasteiger partial charge in [0.25, 0.3) is 0 Å². The molecule has 1 N–H and O–H groups in total. The molecule has 0 aromatic carbocycles. The number of aliphatic hydroxyl groups excluding tert-OH is 1. The van der Waals surface area contributed by atoms with Crippen molar-refractivity contribution in [3.8, 4) is 0 Å². The molecule has 1 aromatic rings. The fourth-order valence-corrected chi connectivity index (χ4v) is 2.05. The molecule has 1 saturated carbocycles. The minimum atomic E-state index is 0.0359. The van der Waals surface area contributed by atoms with Crippen LogP contribution in [-0.2, 0) is 0 Å². The molecule has 0 aliphatic heterocycles. The van der Waals surface area contributed by atoms with Crippen LogP contribution >= 0.6 is 22.5 Å². The van der Waals surface area contributed by atoms with Crippen LogP contribution in [0.25, 0.3) is 0 Å². The van der Waals surface area contributed by atoms with E-state index in [1.165, 1.54) is 30.1 Å². The molecule has 1 fully saturated rings. The first-order valence-electron chi connectivity index (χ1n) is 5.23. The maximum Gasteiger partial charge on any atom is 0.106 e.